The van der Waals surface area contributed by atoms with Gasteiger partial charge in [0.2, 0.25) is 0 Å². The maximum Gasteiger partial charge on any atom is 0.261 e. The maximum absolute atomic E-state index is 11.8. The first-order chi connectivity index (χ1) is 8.31. The normalized spacial score (nSPS) is 10.9. The standard InChI is InChI=1S/C12H16N2OS2/c1-2-13-5-3-6-14-12(15)11-8-10-9(17-11)4-7-16-10/h4,7-8,13H,2-3,5-6H2,1H3,(H,14,15). The SMILES string of the molecule is CCNCCCNC(=O)c1cc2sccc2s1. The third-order valence-electron chi connectivity index (χ3n) is 2.43. The van der Waals surface area contributed by atoms with Gasteiger partial charge in [-0.3, -0.25) is 4.79 Å². The molecular formula is C12H16N2OS2. The fraction of sp³-hybridized carbons (Fsp3) is 0.417. The third kappa shape index (κ3) is 3.28. The highest BCUT2D eigenvalue weighted by atomic mass is 32.1. The number of carbonyl (C=O) groups excluding carboxylic acids is 1. The molecule has 2 aromatic heterocycles. The Morgan fingerprint density at radius 2 is 2.24 bits per heavy atom. The highest BCUT2D eigenvalue weighted by molar-refractivity contribution is 7.27. The van der Waals surface area contributed by atoms with Crippen LogP contribution in [0.25, 0.3) is 9.40 Å². The second kappa shape index (κ2) is 6.14. The molecule has 0 bridgehead atoms. The molecule has 0 spiro atoms. The lowest BCUT2D eigenvalue weighted by molar-refractivity contribution is 0.0957. The van der Waals surface area contributed by atoms with E-state index in [1.807, 2.05) is 6.07 Å². The van der Waals surface area contributed by atoms with Gasteiger partial charge in [-0.15, -0.1) is 22.7 Å². The van der Waals surface area contributed by atoms with Crippen LogP contribution in [0, 0.1) is 0 Å². The lowest BCUT2D eigenvalue weighted by Crippen LogP contribution is -2.26. The van der Waals surface area contributed by atoms with E-state index in [4.69, 9.17) is 0 Å². The zero-order chi connectivity index (χ0) is 12.1. The van der Waals surface area contributed by atoms with Crippen molar-refractivity contribution in [1.82, 2.24) is 10.6 Å². The minimum atomic E-state index is 0.0508. The van der Waals surface area contributed by atoms with Crippen molar-refractivity contribution in [2.24, 2.45) is 0 Å². The Labute approximate surface area is 109 Å². The van der Waals surface area contributed by atoms with Gasteiger partial charge in [0.25, 0.3) is 5.91 Å². The van der Waals surface area contributed by atoms with Crippen LogP contribution in [-0.4, -0.2) is 25.5 Å². The van der Waals surface area contributed by atoms with Crippen molar-refractivity contribution in [3.8, 4) is 0 Å². The number of hydrogen-bond donors (Lipinski definition) is 2. The monoisotopic (exact) mass is 268 g/mol. The molecule has 0 aliphatic heterocycles. The first-order valence-corrected chi connectivity index (χ1v) is 7.47. The number of hydrogen-bond acceptors (Lipinski definition) is 4. The topological polar surface area (TPSA) is 41.1 Å². The molecule has 3 nitrogen and oxygen atoms in total. The van der Waals surface area contributed by atoms with Gasteiger partial charge in [-0.05, 0) is 37.0 Å². The van der Waals surface area contributed by atoms with E-state index in [0.29, 0.717) is 0 Å². The van der Waals surface area contributed by atoms with Gasteiger partial charge >= 0.3 is 0 Å². The highest BCUT2D eigenvalue weighted by Gasteiger charge is 2.09. The van der Waals surface area contributed by atoms with Gasteiger partial charge in [-0.25, -0.2) is 0 Å². The van der Waals surface area contributed by atoms with Crippen molar-refractivity contribution >= 4 is 38.0 Å². The zero-order valence-electron chi connectivity index (χ0n) is 9.79. The first kappa shape index (κ1) is 12.5. The summed E-state index contributed by atoms with van der Waals surface area (Å²) in [5.41, 5.74) is 0. The number of amides is 1. The van der Waals surface area contributed by atoms with Crippen LogP contribution in [0.5, 0.6) is 0 Å². The molecule has 0 saturated heterocycles. The number of nitrogens with one attached hydrogen (secondary N) is 2. The average Bonchev–Trinajstić information content (AvgIpc) is 2.88. The van der Waals surface area contributed by atoms with Crippen molar-refractivity contribution in [2.75, 3.05) is 19.6 Å². The smallest absolute Gasteiger partial charge is 0.261 e. The molecule has 0 atom stereocenters. The number of fused-ring (bicyclic) bond motifs is 1. The summed E-state index contributed by atoms with van der Waals surface area (Å²) in [6.45, 7) is 4.75. The number of carbonyl (C=O) groups is 1. The van der Waals surface area contributed by atoms with Crippen LogP contribution in [0.1, 0.15) is 23.0 Å². The second-order valence-corrected chi connectivity index (χ2v) is 5.75. The Morgan fingerprint density at radius 1 is 1.35 bits per heavy atom. The fourth-order valence-electron chi connectivity index (χ4n) is 1.56. The molecule has 0 aliphatic rings. The summed E-state index contributed by atoms with van der Waals surface area (Å²) in [5, 5.41) is 8.23. The summed E-state index contributed by atoms with van der Waals surface area (Å²) < 4.78 is 2.40. The minimum absolute atomic E-state index is 0.0508. The van der Waals surface area contributed by atoms with Gasteiger partial charge in [0.1, 0.15) is 0 Å². The van der Waals surface area contributed by atoms with E-state index in [2.05, 4.69) is 29.0 Å². The molecular weight excluding hydrogens is 252 g/mol. The quantitative estimate of drug-likeness (QED) is 0.791. The van der Waals surface area contributed by atoms with E-state index in [0.717, 1.165) is 30.9 Å². The summed E-state index contributed by atoms with van der Waals surface area (Å²) in [5.74, 6) is 0.0508. The van der Waals surface area contributed by atoms with E-state index in [1.165, 1.54) is 9.40 Å². The Kier molecular flexibility index (Phi) is 4.53. The van der Waals surface area contributed by atoms with Crippen LogP contribution in [0.15, 0.2) is 17.5 Å². The molecule has 2 aromatic rings. The molecule has 0 unspecified atom stereocenters. The largest absolute Gasteiger partial charge is 0.351 e. The van der Waals surface area contributed by atoms with Gasteiger partial charge in [0, 0.05) is 15.9 Å². The zero-order valence-corrected chi connectivity index (χ0v) is 11.4. The van der Waals surface area contributed by atoms with Crippen LogP contribution in [0.2, 0.25) is 0 Å². The van der Waals surface area contributed by atoms with Gasteiger partial charge in [0.05, 0.1) is 4.88 Å². The summed E-state index contributed by atoms with van der Waals surface area (Å²) in [7, 11) is 0. The Hall–Kier alpha value is -0.910. The van der Waals surface area contributed by atoms with E-state index >= 15 is 0 Å². The first-order valence-electron chi connectivity index (χ1n) is 5.77. The molecule has 2 heterocycles. The van der Waals surface area contributed by atoms with Gasteiger partial charge in [-0.1, -0.05) is 6.92 Å². The molecule has 0 fully saturated rings. The minimum Gasteiger partial charge on any atom is -0.351 e. The Balaban J connectivity index is 1.81. The predicted molar refractivity (Wildman–Crippen MR) is 75.2 cm³/mol. The third-order valence-corrected chi connectivity index (χ3v) is 4.52. The Bertz CT molecular complexity index is 461. The van der Waals surface area contributed by atoms with Crippen molar-refractivity contribution in [3.05, 3.63) is 22.4 Å². The van der Waals surface area contributed by atoms with E-state index in [9.17, 15) is 4.79 Å². The highest BCUT2D eigenvalue weighted by Crippen LogP contribution is 2.29. The van der Waals surface area contributed by atoms with Crippen molar-refractivity contribution in [2.45, 2.75) is 13.3 Å². The van der Waals surface area contributed by atoms with Crippen molar-refractivity contribution in [1.29, 1.82) is 0 Å². The summed E-state index contributed by atoms with van der Waals surface area (Å²) in [6, 6.07) is 4.04. The molecule has 0 aliphatic carbocycles. The molecule has 0 radical (unpaired) electrons. The fourth-order valence-corrected chi connectivity index (χ4v) is 3.58. The molecule has 92 valence electrons. The molecule has 5 heteroatoms. The molecule has 1 amide bonds. The van der Waals surface area contributed by atoms with Crippen LogP contribution < -0.4 is 10.6 Å². The molecule has 0 saturated carbocycles. The lowest BCUT2D eigenvalue weighted by Gasteiger charge is -2.03. The average molecular weight is 268 g/mol. The Morgan fingerprint density at radius 3 is 3.00 bits per heavy atom. The number of thiophene rings is 2. The summed E-state index contributed by atoms with van der Waals surface area (Å²) in [4.78, 5) is 12.6. The van der Waals surface area contributed by atoms with Gasteiger partial charge in [0.15, 0.2) is 0 Å². The van der Waals surface area contributed by atoms with Crippen LogP contribution >= 0.6 is 22.7 Å². The molecule has 2 rings (SSSR count). The van der Waals surface area contributed by atoms with Crippen molar-refractivity contribution < 1.29 is 4.79 Å². The van der Waals surface area contributed by atoms with Crippen LogP contribution in [0.3, 0.4) is 0 Å². The lowest BCUT2D eigenvalue weighted by atomic mass is 10.4. The second-order valence-electron chi connectivity index (χ2n) is 3.72. The molecule has 17 heavy (non-hydrogen) atoms. The van der Waals surface area contributed by atoms with E-state index in [1.54, 1.807) is 22.7 Å². The maximum atomic E-state index is 11.8. The van der Waals surface area contributed by atoms with E-state index < -0.39 is 0 Å². The van der Waals surface area contributed by atoms with Gasteiger partial charge < -0.3 is 10.6 Å². The number of rotatable bonds is 6. The van der Waals surface area contributed by atoms with Crippen LogP contribution in [-0.2, 0) is 0 Å². The van der Waals surface area contributed by atoms with E-state index in [-0.39, 0.29) is 5.91 Å². The predicted octanol–water partition coefficient (Wildman–Crippen LogP) is 2.69. The van der Waals surface area contributed by atoms with Gasteiger partial charge in [-0.2, -0.15) is 0 Å². The molecule has 2 N–H and O–H groups in total. The summed E-state index contributed by atoms with van der Waals surface area (Å²) >= 11 is 3.24. The summed E-state index contributed by atoms with van der Waals surface area (Å²) in [6.07, 6.45) is 0.972. The molecule has 0 aromatic carbocycles. The van der Waals surface area contributed by atoms with Crippen molar-refractivity contribution in [3.63, 3.8) is 0 Å². The van der Waals surface area contributed by atoms with Crippen LogP contribution in [0.4, 0.5) is 0 Å².